The van der Waals surface area contributed by atoms with Gasteiger partial charge < -0.3 is 14.6 Å². The monoisotopic (exact) mass is 431 g/mol. The molecule has 0 spiro atoms. The van der Waals surface area contributed by atoms with E-state index in [0.717, 1.165) is 22.3 Å². The molecule has 1 heterocycles. The standard InChI is InChI=1S/C26H22ClNO3/c27-24-13-11-21(15-22(24)16-29)23-12-14-25(30-17-19-7-3-1-4-8-19)28-26(23)31-18-20-9-5-2-6-10-20/h1-15,29H,16-18H2. The van der Waals surface area contributed by atoms with Gasteiger partial charge in [-0.25, -0.2) is 0 Å². The summed E-state index contributed by atoms with van der Waals surface area (Å²) in [6, 6.07) is 29.1. The summed E-state index contributed by atoms with van der Waals surface area (Å²) in [6.45, 7) is 0.656. The summed E-state index contributed by atoms with van der Waals surface area (Å²) in [7, 11) is 0. The van der Waals surface area contributed by atoms with Crippen LogP contribution < -0.4 is 9.47 Å². The van der Waals surface area contributed by atoms with Crippen molar-refractivity contribution in [1.29, 1.82) is 0 Å². The molecule has 3 aromatic carbocycles. The Labute approximate surface area is 186 Å². The van der Waals surface area contributed by atoms with E-state index in [1.54, 1.807) is 6.07 Å². The van der Waals surface area contributed by atoms with Crippen molar-refractivity contribution in [2.45, 2.75) is 19.8 Å². The first-order chi connectivity index (χ1) is 15.2. The minimum absolute atomic E-state index is 0.140. The van der Waals surface area contributed by atoms with Gasteiger partial charge in [-0.05, 0) is 40.5 Å². The van der Waals surface area contributed by atoms with E-state index in [2.05, 4.69) is 4.98 Å². The zero-order valence-corrected chi connectivity index (χ0v) is 17.6. The van der Waals surface area contributed by atoms with Crippen molar-refractivity contribution in [2.75, 3.05) is 0 Å². The van der Waals surface area contributed by atoms with Crippen LogP contribution in [0.15, 0.2) is 91.0 Å². The molecule has 0 saturated carbocycles. The Kier molecular flexibility index (Phi) is 6.82. The second kappa shape index (κ2) is 10.1. The summed E-state index contributed by atoms with van der Waals surface area (Å²) in [5.74, 6) is 0.938. The predicted octanol–water partition coefficient (Wildman–Crippen LogP) is 6.05. The summed E-state index contributed by atoms with van der Waals surface area (Å²) >= 11 is 6.16. The van der Waals surface area contributed by atoms with Crippen molar-refractivity contribution in [3.05, 3.63) is 113 Å². The topological polar surface area (TPSA) is 51.6 Å². The number of nitrogens with zero attached hydrogens (tertiary/aromatic N) is 1. The van der Waals surface area contributed by atoms with Gasteiger partial charge in [0, 0.05) is 16.7 Å². The highest BCUT2D eigenvalue weighted by Crippen LogP contribution is 2.33. The molecule has 31 heavy (non-hydrogen) atoms. The molecule has 0 saturated heterocycles. The van der Waals surface area contributed by atoms with Crippen molar-refractivity contribution in [3.63, 3.8) is 0 Å². The summed E-state index contributed by atoms with van der Waals surface area (Å²) in [5, 5.41) is 10.1. The van der Waals surface area contributed by atoms with E-state index in [9.17, 15) is 5.11 Å². The van der Waals surface area contributed by atoms with E-state index < -0.39 is 0 Å². The minimum atomic E-state index is -0.140. The second-order valence-electron chi connectivity index (χ2n) is 7.02. The van der Waals surface area contributed by atoms with Crippen LogP contribution in [-0.4, -0.2) is 10.1 Å². The zero-order valence-electron chi connectivity index (χ0n) is 16.9. The number of halogens is 1. The van der Waals surface area contributed by atoms with Crippen LogP contribution in [0.5, 0.6) is 11.8 Å². The van der Waals surface area contributed by atoms with Crippen molar-refractivity contribution in [2.24, 2.45) is 0 Å². The Morgan fingerprint density at radius 2 is 1.39 bits per heavy atom. The van der Waals surface area contributed by atoms with Gasteiger partial charge >= 0.3 is 0 Å². The fourth-order valence-corrected chi connectivity index (χ4v) is 3.33. The molecule has 0 aliphatic carbocycles. The second-order valence-corrected chi connectivity index (χ2v) is 7.42. The fraction of sp³-hybridized carbons (Fsp3) is 0.115. The Morgan fingerprint density at radius 1 is 0.742 bits per heavy atom. The summed E-state index contributed by atoms with van der Waals surface area (Å²) in [6.07, 6.45) is 0. The van der Waals surface area contributed by atoms with Crippen molar-refractivity contribution >= 4 is 11.6 Å². The van der Waals surface area contributed by atoms with Gasteiger partial charge in [0.05, 0.1) is 6.61 Å². The van der Waals surface area contributed by atoms with E-state index in [1.807, 2.05) is 84.9 Å². The largest absolute Gasteiger partial charge is 0.473 e. The SMILES string of the molecule is OCc1cc(-c2ccc(OCc3ccccc3)nc2OCc2ccccc2)ccc1Cl. The highest BCUT2D eigenvalue weighted by Gasteiger charge is 2.13. The highest BCUT2D eigenvalue weighted by molar-refractivity contribution is 6.31. The lowest BCUT2D eigenvalue weighted by molar-refractivity contribution is 0.268. The number of hydrogen-bond donors (Lipinski definition) is 1. The van der Waals surface area contributed by atoms with Crippen LogP contribution in [-0.2, 0) is 19.8 Å². The summed E-state index contributed by atoms with van der Waals surface area (Å²) in [5.41, 5.74) is 4.41. The van der Waals surface area contributed by atoms with Crippen LogP contribution >= 0.6 is 11.6 Å². The molecule has 5 heteroatoms. The Morgan fingerprint density at radius 3 is 2.03 bits per heavy atom. The zero-order chi connectivity index (χ0) is 21.5. The first-order valence-electron chi connectivity index (χ1n) is 9.97. The number of pyridine rings is 1. The average molecular weight is 432 g/mol. The van der Waals surface area contributed by atoms with E-state index in [1.165, 1.54) is 0 Å². The van der Waals surface area contributed by atoms with Crippen LogP contribution in [0.4, 0.5) is 0 Å². The molecule has 0 fully saturated rings. The minimum Gasteiger partial charge on any atom is -0.473 e. The third kappa shape index (κ3) is 5.43. The number of rotatable bonds is 8. The number of aliphatic hydroxyl groups excluding tert-OH is 1. The van der Waals surface area contributed by atoms with Crippen LogP contribution in [0.2, 0.25) is 5.02 Å². The molecule has 4 nitrogen and oxygen atoms in total. The fourth-order valence-electron chi connectivity index (χ4n) is 3.15. The molecule has 0 amide bonds. The highest BCUT2D eigenvalue weighted by atomic mass is 35.5. The molecule has 0 radical (unpaired) electrons. The number of aliphatic hydroxyl groups is 1. The number of hydrogen-bond acceptors (Lipinski definition) is 4. The van der Waals surface area contributed by atoms with Crippen LogP contribution in [0.25, 0.3) is 11.1 Å². The molecule has 156 valence electrons. The number of benzene rings is 3. The van der Waals surface area contributed by atoms with E-state index in [-0.39, 0.29) is 6.61 Å². The van der Waals surface area contributed by atoms with Crippen LogP contribution in [0.1, 0.15) is 16.7 Å². The van der Waals surface area contributed by atoms with Gasteiger partial charge in [-0.3, -0.25) is 0 Å². The van der Waals surface area contributed by atoms with Gasteiger partial charge in [-0.1, -0.05) is 78.3 Å². The first kappa shape index (κ1) is 20.9. The third-order valence-corrected chi connectivity index (χ3v) is 5.18. The average Bonchev–Trinajstić information content (AvgIpc) is 2.83. The van der Waals surface area contributed by atoms with Crippen molar-refractivity contribution in [1.82, 2.24) is 4.98 Å². The summed E-state index contributed by atoms with van der Waals surface area (Å²) in [4.78, 5) is 4.62. The molecule has 0 aliphatic rings. The van der Waals surface area contributed by atoms with Gasteiger partial charge in [0.2, 0.25) is 11.8 Å². The van der Waals surface area contributed by atoms with Crippen molar-refractivity contribution < 1.29 is 14.6 Å². The normalized spacial score (nSPS) is 10.6. The summed E-state index contributed by atoms with van der Waals surface area (Å²) < 4.78 is 12.0. The molecular formula is C26H22ClNO3. The lowest BCUT2D eigenvalue weighted by atomic mass is 10.0. The van der Waals surface area contributed by atoms with Gasteiger partial charge in [0.1, 0.15) is 13.2 Å². The molecule has 0 aliphatic heterocycles. The maximum absolute atomic E-state index is 9.58. The van der Waals surface area contributed by atoms with Gasteiger partial charge in [0.25, 0.3) is 0 Å². The Bertz CT molecular complexity index is 1130. The molecule has 1 N–H and O–H groups in total. The van der Waals surface area contributed by atoms with Crippen molar-refractivity contribution in [3.8, 4) is 22.9 Å². The maximum atomic E-state index is 9.58. The lowest BCUT2D eigenvalue weighted by Crippen LogP contribution is -2.02. The van der Waals surface area contributed by atoms with Crippen LogP contribution in [0, 0.1) is 0 Å². The molecular weight excluding hydrogens is 410 g/mol. The quantitative estimate of drug-likeness (QED) is 0.369. The first-order valence-corrected chi connectivity index (χ1v) is 10.3. The maximum Gasteiger partial charge on any atom is 0.225 e. The van der Waals surface area contributed by atoms with E-state index in [0.29, 0.717) is 35.6 Å². The molecule has 0 unspecified atom stereocenters. The van der Waals surface area contributed by atoms with E-state index >= 15 is 0 Å². The smallest absolute Gasteiger partial charge is 0.225 e. The molecule has 1 aromatic heterocycles. The molecule has 4 rings (SSSR count). The van der Waals surface area contributed by atoms with Crippen LogP contribution in [0.3, 0.4) is 0 Å². The molecule has 0 bridgehead atoms. The third-order valence-electron chi connectivity index (χ3n) is 4.81. The Hall–Kier alpha value is -3.34. The van der Waals surface area contributed by atoms with E-state index in [4.69, 9.17) is 21.1 Å². The lowest BCUT2D eigenvalue weighted by Gasteiger charge is -2.14. The molecule has 0 atom stereocenters. The number of ether oxygens (including phenoxy) is 2. The Balaban J connectivity index is 1.62. The predicted molar refractivity (Wildman–Crippen MR) is 122 cm³/mol. The van der Waals surface area contributed by atoms with Gasteiger partial charge in [-0.15, -0.1) is 0 Å². The number of aromatic nitrogens is 1. The molecule has 4 aromatic rings. The van der Waals surface area contributed by atoms with Gasteiger partial charge in [0.15, 0.2) is 0 Å². The van der Waals surface area contributed by atoms with Gasteiger partial charge in [-0.2, -0.15) is 4.98 Å².